The molecular weight excluding hydrogens is 188 g/mol. The van der Waals surface area contributed by atoms with Crippen molar-refractivity contribution in [3.05, 3.63) is 24.0 Å². The van der Waals surface area contributed by atoms with Crippen molar-refractivity contribution in [2.45, 2.75) is 32.2 Å². The van der Waals surface area contributed by atoms with Crippen LogP contribution in [0.4, 0.5) is 5.69 Å². The Morgan fingerprint density at radius 3 is 2.87 bits per heavy atom. The minimum Gasteiger partial charge on any atom is -0.379 e. The molecule has 15 heavy (non-hydrogen) atoms. The highest BCUT2D eigenvalue weighted by atomic mass is 16.5. The highest BCUT2D eigenvalue weighted by molar-refractivity contribution is 5.42. The Bertz CT molecular complexity index is 302. The first-order valence-corrected chi connectivity index (χ1v) is 5.56. The fourth-order valence-electron chi connectivity index (χ4n) is 1.72. The number of hydrogen-bond donors (Lipinski definition) is 1. The number of aromatic nitrogens is 1. The highest BCUT2D eigenvalue weighted by Crippen LogP contribution is 2.16. The fraction of sp³-hybridized carbons (Fsp3) is 0.583. The van der Waals surface area contributed by atoms with Gasteiger partial charge in [-0.3, -0.25) is 4.98 Å². The van der Waals surface area contributed by atoms with E-state index in [1.54, 1.807) is 0 Å². The summed E-state index contributed by atoms with van der Waals surface area (Å²) in [6, 6.07) is 4.64. The van der Waals surface area contributed by atoms with Gasteiger partial charge in [-0.25, -0.2) is 0 Å². The van der Waals surface area contributed by atoms with E-state index in [2.05, 4.69) is 36.3 Å². The molecule has 0 radical (unpaired) electrons. The second-order valence-electron chi connectivity index (χ2n) is 4.33. The molecule has 2 rings (SSSR count). The normalized spacial score (nSPS) is 20.9. The maximum Gasteiger partial charge on any atom is 0.0668 e. The molecule has 1 aliphatic rings. The Balaban J connectivity index is 1.97. The van der Waals surface area contributed by atoms with E-state index in [1.807, 2.05) is 6.20 Å². The third kappa shape index (κ3) is 2.69. The minimum atomic E-state index is 0.455. The predicted octanol–water partition coefficient (Wildman–Crippen LogP) is 2.41. The lowest BCUT2D eigenvalue weighted by Gasteiger charge is -2.12. The van der Waals surface area contributed by atoms with E-state index in [0.717, 1.165) is 31.0 Å². The van der Waals surface area contributed by atoms with E-state index in [-0.39, 0.29) is 0 Å². The van der Waals surface area contributed by atoms with E-state index in [4.69, 9.17) is 4.74 Å². The van der Waals surface area contributed by atoms with Crippen molar-refractivity contribution in [2.24, 2.45) is 0 Å². The first-order chi connectivity index (χ1) is 7.25. The molecule has 0 bridgehead atoms. The number of hydrogen-bond acceptors (Lipinski definition) is 3. The van der Waals surface area contributed by atoms with Gasteiger partial charge in [-0.15, -0.1) is 0 Å². The van der Waals surface area contributed by atoms with Crippen LogP contribution < -0.4 is 5.32 Å². The lowest BCUT2D eigenvalue weighted by atomic mass is 10.1. The zero-order chi connectivity index (χ0) is 10.7. The largest absolute Gasteiger partial charge is 0.379 e. The molecular formula is C12H18N2O. The van der Waals surface area contributed by atoms with Crippen molar-refractivity contribution >= 4 is 5.69 Å². The number of anilines is 1. The molecule has 0 aliphatic carbocycles. The van der Waals surface area contributed by atoms with Gasteiger partial charge < -0.3 is 10.1 Å². The van der Waals surface area contributed by atoms with Crippen molar-refractivity contribution in [3.63, 3.8) is 0 Å². The summed E-state index contributed by atoms with van der Waals surface area (Å²) in [5, 5.41) is 3.42. The summed E-state index contributed by atoms with van der Waals surface area (Å²) in [6.45, 7) is 5.99. The van der Waals surface area contributed by atoms with Gasteiger partial charge in [0.15, 0.2) is 0 Å². The average molecular weight is 206 g/mol. The number of pyridine rings is 1. The molecule has 1 aliphatic heterocycles. The SMILES string of the molecule is CC(C)c1ccc(NC2CCOC2)cn1. The molecule has 3 heteroatoms. The van der Waals surface area contributed by atoms with Gasteiger partial charge in [0.1, 0.15) is 0 Å². The molecule has 1 aromatic rings. The second kappa shape index (κ2) is 4.62. The molecule has 1 atom stereocenters. The van der Waals surface area contributed by atoms with Crippen LogP contribution in [-0.2, 0) is 4.74 Å². The zero-order valence-corrected chi connectivity index (χ0v) is 9.36. The lowest BCUT2D eigenvalue weighted by Crippen LogP contribution is -2.18. The fourth-order valence-corrected chi connectivity index (χ4v) is 1.72. The summed E-state index contributed by atoms with van der Waals surface area (Å²) in [5.74, 6) is 0.494. The molecule has 1 unspecified atom stereocenters. The Morgan fingerprint density at radius 2 is 2.33 bits per heavy atom. The summed E-state index contributed by atoms with van der Waals surface area (Å²) >= 11 is 0. The Morgan fingerprint density at radius 1 is 1.47 bits per heavy atom. The van der Waals surface area contributed by atoms with Crippen LogP contribution in [0.15, 0.2) is 18.3 Å². The molecule has 1 fully saturated rings. The van der Waals surface area contributed by atoms with Gasteiger partial charge in [-0.05, 0) is 24.5 Å². The van der Waals surface area contributed by atoms with E-state index in [1.165, 1.54) is 0 Å². The van der Waals surface area contributed by atoms with Crippen molar-refractivity contribution < 1.29 is 4.74 Å². The van der Waals surface area contributed by atoms with Crippen molar-refractivity contribution in [2.75, 3.05) is 18.5 Å². The summed E-state index contributed by atoms with van der Waals surface area (Å²) in [6.07, 6.45) is 3.00. The van der Waals surface area contributed by atoms with Crippen LogP contribution in [0.5, 0.6) is 0 Å². The summed E-state index contributed by atoms with van der Waals surface area (Å²) in [4.78, 5) is 4.42. The van der Waals surface area contributed by atoms with Crippen LogP contribution in [-0.4, -0.2) is 24.2 Å². The van der Waals surface area contributed by atoms with E-state index in [9.17, 15) is 0 Å². The maximum absolute atomic E-state index is 5.31. The molecule has 1 aromatic heterocycles. The minimum absolute atomic E-state index is 0.455. The van der Waals surface area contributed by atoms with E-state index < -0.39 is 0 Å². The topological polar surface area (TPSA) is 34.1 Å². The number of nitrogens with zero attached hydrogens (tertiary/aromatic N) is 1. The van der Waals surface area contributed by atoms with Gasteiger partial charge in [0, 0.05) is 12.3 Å². The van der Waals surface area contributed by atoms with Crippen molar-refractivity contribution in [1.82, 2.24) is 4.98 Å². The third-order valence-corrected chi connectivity index (χ3v) is 2.68. The van der Waals surface area contributed by atoms with Crippen LogP contribution in [0, 0.1) is 0 Å². The molecule has 3 nitrogen and oxygen atoms in total. The highest BCUT2D eigenvalue weighted by Gasteiger charge is 2.14. The van der Waals surface area contributed by atoms with Crippen LogP contribution in [0.25, 0.3) is 0 Å². The maximum atomic E-state index is 5.31. The van der Waals surface area contributed by atoms with Crippen LogP contribution >= 0.6 is 0 Å². The van der Waals surface area contributed by atoms with Gasteiger partial charge in [0.2, 0.25) is 0 Å². The van der Waals surface area contributed by atoms with Crippen molar-refractivity contribution in [1.29, 1.82) is 0 Å². The standard InChI is InChI=1S/C12H18N2O/c1-9(2)12-4-3-10(7-13-12)14-11-5-6-15-8-11/h3-4,7,9,11,14H,5-6,8H2,1-2H3. The van der Waals surface area contributed by atoms with Gasteiger partial charge in [-0.2, -0.15) is 0 Å². The predicted molar refractivity (Wildman–Crippen MR) is 61.2 cm³/mol. The van der Waals surface area contributed by atoms with Gasteiger partial charge in [-0.1, -0.05) is 13.8 Å². The summed E-state index contributed by atoms with van der Waals surface area (Å²) < 4.78 is 5.31. The summed E-state index contributed by atoms with van der Waals surface area (Å²) in [7, 11) is 0. The Hall–Kier alpha value is -1.09. The van der Waals surface area contributed by atoms with Crippen LogP contribution in [0.2, 0.25) is 0 Å². The molecule has 0 saturated carbocycles. The Kier molecular flexibility index (Phi) is 3.21. The van der Waals surface area contributed by atoms with Crippen LogP contribution in [0.3, 0.4) is 0 Å². The quantitative estimate of drug-likeness (QED) is 0.824. The second-order valence-corrected chi connectivity index (χ2v) is 4.33. The molecule has 0 amide bonds. The zero-order valence-electron chi connectivity index (χ0n) is 9.36. The van der Waals surface area contributed by atoms with Gasteiger partial charge in [0.05, 0.1) is 24.5 Å². The van der Waals surface area contributed by atoms with Crippen molar-refractivity contribution in [3.8, 4) is 0 Å². The number of nitrogens with one attached hydrogen (secondary N) is 1. The van der Waals surface area contributed by atoms with E-state index >= 15 is 0 Å². The molecule has 2 heterocycles. The first kappa shape index (κ1) is 10.4. The van der Waals surface area contributed by atoms with Gasteiger partial charge >= 0.3 is 0 Å². The third-order valence-electron chi connectivity index (χ3n) is 2.68. The molecule has 82 valence electrons. The first-order valence-electron chi connectivity index (χ1n) is 5.56. The molecule has 1 N–H and O–H groups in total. The number of ether oxygens (including phenoxy) is 1. The smallest absolute Gasteiger partial charge is 0.0668 e. The Labute approximate surface area is 90.9 Å². The molecule has 1 saturated heterocycles. The number of rotatable bonds is 3. The molecule has 0 aromatic carbocycles. The average Bonchev–Trinajstić information content (AvgIpc) is 2.71. The summed E-state index contributed by atoms with van der Waals surface area (Å²) in [5.41, 5.74) is 2.23. The molecule has 0 spiro atoms. The van der Waals surface area contributed by atoms with E-state index in [0.29, 0.717) is 12.0 Å². The monoisotopic (exact) mass is 206 g/mol. The van der Waals surface area contributed by atoms with Crippen LogP contribution in [0.1, 0.15) is 31.9 Å². The van der Waals surface area contributed by atoms with Gasteiger partial charge in [0.25, 0.3) is 0 Å². The lowest BCUT2D eigenvalue weighted by molar-refractivity contribution is 0.195.